The van der Waals surface area contributed by atoms with Gasteiger partial charge in [0, 0.05) is 24.4 Å². The summed E-state index contributed by atoms with van der Waals surface area (Å²) in [6, 6.07) is 18.7. The fourth-order valence-corrected chi connectivity index (χ4v) is 3.29. The van der Waals surface area contributed by atoms with Crippen LogP contribution in [0, 0.1) is 0 Å². The Morgan fingerprint density at radius 3 is 2.69 bits per heavy atom. The Bertz CT molecular complexity index is 1210. The average molecular weight is 451 g/mol. The molecule has 8 nitrogen and oxygen atoms in total. The molecule has 0 unspecified atom stereocenters. The number of carbonyl (C=O) groups is 1. The fraction of sp³-hybridized carbons (Fsp3) is 0.217. The molecule has 0 saturated carbocycles. The molecule has 9 heteroatoms. The number of carbonyl (C=O) groups excluding carboxylic acids is 1. The molecule has 0 spiro atoms. The summed E-state index contributed by atoms with van der Waals surface area (Å²) >= 11 is 5.93. The van der Waals surface area contributed by atoms with Gasteiger partial charge in [-0.15, -0.1) is 15.3 Å². The molecule has 0 aliphatic rings. The Hall–Kier alpha value is -3.65. The van der Waals surface area contributed by atoms with Gasteiger partial charge in [-0.2, -0.15) is 4.52 Å². The van der Waals surface area contributed by atoms with Gasteiger partial charge in [-0.05, 0) is 48.9 Å². The molecular weight excluding hydrogens is 428 g/mol. The molecule has 4 aromatic rings. The summed E-state index contributed by atoms with van der Waals surface area (Å²) in [7, 11) is 0. The van der Waals surface area contributed by atoms with Gasteiger partial charge < -0.3 is 15.4 Å². The first-order valence-corrected chi connectivity index (χ1v) is 10.7. The third-order valence-electron chi connectivity index (χ3n) is 4.75. The number of hydrogen-bond donors (Lipinski definition) is 2. The van der Waals surface area contributed by atoms with Crippen LogP contribution < -0.4 is 15.4 Å². The standard InChI is InChI=1S/C23H23ClN6O2/c1-2-32-19-6-4-3-5-18(19)26-23(31)14-13-22-28-27-21-12-11-20(29-30(21)22)25-15-16-7-9-17(24)10-8-16/h3-12H,2,13-15H2,1H3,(H,25,29)(H,26,31). The van der Waals surface area contributed by atoms with Crippen molar-refractivity contribution in [2.75, 3.05) is 17.2 Å². The Kier molecular flexibility index (Phi) is 6.81. The number of ether oxygens (including phenoxy) is 1. The number of aryl methyl sites for hydroxylation is 1. The van der Waals surface area contributed by atoms with Gasteiger partial charge >= 0.3 is 0 Å². The number of rotatable bonds is 9. The van der Waals surface area contributed by atoms with E-state index in [9.17, 15) is 4.79 Å². The minimum Gasteiger partial charge on any atom is -0.492 e. The molecule has 2 aromatic carbocycles. The number of aromatic nitrogens is 4. The molecule has 0 bridgehead atoms. The van der Waals surface area contributed by atoms with Crippen LogP contribution in [0.5, 0.6) is 5.75 Å². The predicted molar refractivity (Wildman–Crippen MR) is 124 cm³/mol. The zero-order chi connectivity index (χ0) is 22.3. The minimum atomic E-state index is -0.133. The van der Waals surface area contributed by atoms with Gasteiger partial charge in [0.05, 0.1) is 12.3 Å². The highest BCUT2D eigenvalue weighted by molar-refractivity contribution is 6.30. The van der Waals surface area contributed by atoms with Gasteiger partial charge in [-0.25, -0.2) is 0 Å². The summed E-state index contributed by atoms with van der Waals surface area (Å²) in [5.41, 5.74) is 2.36. The van der Waals surface area contributed by atoms with E-state index in [1.54, 1.807) is 4.52 Å². The molecule has 0 radical (unpaired) electrons. The van der Waals surface area contributed by atoms with Crippen LogP contribution in [0.25, 0.3) is 5.65 Å². The summed E-state index contributed by atoms with van der Waals surface area (Å²) in [6.45, 7) is 3.04. The quantitative estimate of drug-likeness (QED) is 0.393. The number of fused-ring (bicyclic) bond motifs is 1. The fourth-order valence-electron chi connectivity index (χ4n) is 3.17. The second-order valence-electron chi connectivity index (χ2n) is 7.06. The van der Waals surface area contributed by atoms with Crippen LogP contribution in [0.4, 0.5) is 11.5 Å². The number of nitrogens with zero attached hydrogens (tertiary/aromatic N) is 4. The Morgan fingerprint density at radius 1 is 1.06 bits per heavy atom. The highest BCUT2D eigenvalue weighted by Crippen LogP contribution is 2.24. The van der Waals surface area contributed by atoms with Crippen molar-refractivity contribution in [3.05, 3.63) is 77.1 Å². The van der Waals surface area contributed by atoms with Crippen LogP contribution in [0.15, 0.2) is 60.7 Å². The highest BCUT2D eigenvalue weighted by atomic mass is 35.5. The van der Waals surface area contributed by atoms with Crippen LogP contribution in [0.2, 0.25) is 5.02 Å². The van der Waals surface area contributed by atoms with Crippen LogP contribution in [-0.2, 0) is 17.8 Å². The van der Waals surface area contributed by atoms with Crippen molar-refractivity contribution in [3.63, 3.8) is 0 Å². The average Bonchev–Trinajstić information content (AvgIpc) is 3.21. The number of hydrogen-bond acceptors (Lipinski definition) is 6. The molecule has 2 heterocycles. The molecule has 32 heavy (non-hydrogen) atoms. The summed E-state index contributed by atoms with van der Waals surface area (Å²) in [6.07, 6.45) is 0.642. The third-order valence-corrected chi connectivity index (χ3v) is 5.00. The van der Waals surface area contributed by atoms with Gasteiger partial charge in [-0.1, -0.05) is 35.9 Å². The van der Waals surface area contributed by atoms with E-state index in [2.05, 4.69) is 25.9 Å². The number of nitrogens with one attached hydrogen (secondary N) is 2. The maximum atomic E-state index is 12.5. The predicted octanol–water partition coefficient (Wildman–Crippen LogP) is 4.36. The molecule has 164 valence electrons. The second-order valence-corrected chi connectivity index (χ2v) is 7.50. The molecular formula is C23H23ClN6O2. The van der Waals surface area contributed by atoms with Gasteiger partial charge in [0.1, 0.15) is 11.6 Å². The zero-order valence-electron chi connectivity index (χ0n) is 17.6. The van der Waals surface area contributed by atoms with E-state index in [1.165, 1.54) is 0 Å². The highest BCUT2D eigenvalue weighted by Gasteiger charge is 2.12. The maximum Gasteiger partial charge on any atom is 0.224 e. The van der Waals surface area contributed by atoms with Gasteiger partial charge in [0.15, 0.2) is 11.5 Å². The summed E-state index contributed by atoms with van der Waals surface area (Å²) < 4.78 is 7.21. The van der Waals surface area contributed by atoms with Crippen molar-refractivity contribution in [2.45, 2.75) is 26.3 Å². The maximum absolute atomic E-state index is 12.5. The van der Waals surface area contributed by atoms with Crippen molar-refractivity contribution >= 4 is 34.7 Å². The molecule has 0 aliphatic carbocycles. The smallest absolute Gasteiger partial charge is 0.224 e. The second kappa shape index (κ2) is 10.1. The molecule has 2 aromatic heterocycles. The molecule has 0 saturated heterocycles. The molecule has 2 N–H and O–H groups in total. The largest absolute Gasteiger partial charge is 0.492 e. The van der Waals surface area contributed by atoms with E-state index >= 15 is 0 Å². The van der Waals surface area contributed by atoms with E-state index in [0.29, 0.717) is 53.3 Å². The van der Waals surface area contributed by atoms with Crippen LogP contribution in [0.3, 0.4) is 0 Å². The van der Waals surface area contributed by atoms with E-state index in [4.69, 9.17) is 16.3 Å². The number of amides is 1. The number of halogens is 1. The Morgan fingerprint density at radius 2 is 1.88 bits per heavy atom. The van der Waals surface area contributed by atoms with Gasteiger partial charge in [-0.3, -0.25) is 4.79 Å². The monoisotopic (exact) mass is 450 g/mol. The lowest BCUT2D eigenvalue weighted by molar-refractivity contribution is -0.116. The lowest BCUT2D eigenvalue weighted by Crippen LogP contribution is -2.14. The number of anilines is 2. The van der Waals surface area contributed by atoms with Crippen LogP contribution >= 0.6 is 11.6 Å². The number of para-hydroxylation sites is 2. The van der Waals surface area contributed by atoms with Crippen molar-refractivity contribution in [3.8, 4) is 5.75 Å². The van der Waals surface area contributed by atoms with Gasteiger partial charge in [0.2, 0.25) is 5.91 Å². The minimum absolute atomic E-state index is 0.133. The lowest BCUT2D eigenvalue weighted by Gasteiger charge is -2.11. The third kappa shape index (κ3) is 5.33. The van der Waals surface area contributed by atoms with E-state index in [0.717, 1.165) is 5.56 Å². The molecule has 0 fully saturated rings. The van der Waals surface area contributed by atoms with Crippen molar-refractivity contribution in [1.29, 1.82) is 0 Å². The Balaban J connectivity index is 1.39. The van der Waals surface area contributed by atoms with Crippen LogP contribution in [-0.4, -0.2) is 32.3 Å². The summed E-state index contributed by atoms with van der Waals surface area (Å²) in [5, 5.41) is 19.8. The van der Waals surface area contributed by atoms with Gasteiger partial charge in [0.25, 0.3) is 0 Å². The molecule has 1 amide bonds. The van der Waals surface area contributed by atoms with E-state index < -0.39 is 0 Å². The molecule has 0 atom stereocenters. The lowest BCUT2D eigenvalue weighted by atomic mass is 10.2. The van der Waals surface area contributed by atoms with Crippen LogP contribution in [0.1, 0.15) is 24.7 Å². The first-order valence-electron chi connectivity index (χ1n) is 10.3. The molecule has 4 rings (SSSR count). The topological polar surface area (TPSA) is 93.4 Å². The van der Waals surface area contributed by atoms with Crippen molar-refractivity contribution in [1.82, 2.24) is 19.8 Å². The number of benzene rings is 2. The summed E-state index contributed by atoms with van der Waals surface area (Å²) in [5.74, 6) is 1.81. The van der Waals surface area contributed by atoms with E-state index in [1.807, 2.05) is 67.6 Å². The van der Waals surface area contributed by atoms with E-state index in [-0.39, 0.29) is 12.3 Å². The van der Waals surface area contributed by atoms with Crippen molar-refractivity contribution in [2.24, 2.45) is 0 Å². The zero-order valence-corrected chi connectivity index (χ0v) is 18.3. The van der Waals surface area contributed by atoms with Crippen molar-refractivity contribution < 1.29 is 9.53 Å². The normalized spacial score (nSPS) is 10.8. The first kappa shape index (κ1) is 21.6. The Labute approximate surface area is 190 Å². The summed E-state index contributed by atoms with van der Waals surface area (Å²) in [4.78, 5) is 12.5. The SMILES string of the molecule is CCOc1ccccc1NC(=O)CCc1nnc2ccc(NCc3ccc(Cl)cc3)nn12. The first-order chi connectivity index (χ1) is 15.6. The molecule has 0 aliphatic heterocycles.